The quantitative estimate of drug-likeness (QED) is 0.447. The second kappa shape index (κ2) is 5.54. The molecule has 0 saturated heterocycles. The number of aromatic amines is 1. The highest BCUT2D eigenvalue weighted by Crippen LogP contribution is 2.23. The van der Waals surface area contributed by atoms with Crippen LogP contribution in [0.3, 0.4) is 0 Å². The van der Waals surface area contributed by atoms with Crippen LogP contribution >= 0.6 is 0 Å². The lowest BCUT2D eigenvalue weighted by Gasteiger charge is -1.97. The Morgan fingerprint density at radius 2 is 1.91 bits per heavy atom. The van der Waals surface area contributed by atoms with Crippen molar-refractivity contribution in [2.45, 2.75) is 0 Å². The molecule has 0 radical (unpaired) electrons. The van der Waals surface area contributed by atoms with E-state index in [4.69, 9.17) is 0 Å². The van der Waals surface area contributed by atoms with Crippen molar-refractivity contribution in [1.82, 2.24) is 4.98 Å². The van der Waals surface area contributed by atoms with Gasteiger partial charge in [-0.3, -0.25) is 10.1 Å². The van der Waals surface area contributed by atoms with Crippen molar-refractivity contribution in [3.63, 3.8) is 0 Å². The van der Waals surface area contributed by atoms with Crippen LogP contribution in [0.15, 0.2) is 54.6 Å². The summed E-state index contributed by atoms with van der Waals surface area (Å²) in [6.45, 7) is 0. The third-order valence-electron chi connectivity index (χ3n) is 3.36. The molecule has 0 atom stereocenters. The monoisotopic (exact) mass is 289 g/mol. The number of rotatable bonds is 3. The number of nitrogens with one attached hydrogen (secondary N) is 1. The molecular weight excluding hydrogens is 278 g/mol. The van der Waals surface area contributed by atoms with Gasteiger partial charge in [0.15, 0.2) is 0 Å². The number of benzene rings is 2. The molecule has 0 bridgehead atoms. The van der Waals surface area contributed by atoms with Crippen LogP contribution in [-0.2, 0) is 0 Å². The maximum absolute atomic E-state index is 10.6. The van der Waals surface area contributed by atoms with Crippen LogP contribution in [-0.4, -0.2) is 9.91 Å². The SMILES string of the molecule is N#C/C(=C\c1ccc([N+](=O)[O-])cc1)c1cc2ccccc2[nH]1. The lowest BCUT2D eigenvalue weighted by molar-refractivity contribution is -0.384. The number of para-hydroxylation sites is 1. The second-order valence-electron chi connectivity index (χ2n) is 4.79. The third kappa shape index (κ3) is 2.58. The molecule has 3 rings (SSSR count). The number of hydrogen-bond donors (Lipinski definition) is 1. The van der Waals surface area contributed by atoms with Crippen LogP contribution in [0.4, 0.5) is 5.69 Å². The van der Waals surface area contributed by atoms with E-state index in [0.29, 0.717) is 5.57 Å². The fraction of sp³-hybridized carbons (Fsp3) is 0. The summed E-state index contributed by atoms with van der Waals surface area (Å²) in [5, 5.41) is 21.0. The maximum atomic E-state index is 10.6. The molecule has 0 saturated carbocycles. The topological polar surface area (TPSA) is 82.7 Å². The molecule has 0 unspecified atom stereocenters. The molecule has 0 amide bonds. The molecule has 2 aromatic carbocycles. The zero-order chi connectivity index (χ0) is 15.5. The highest BCUT2D eigenvalue weighted by Gasteiger charge is 2.07. The molecule has 0 aliphatic rings. The van der Waals surface area contributed by atoms with Gasteiger partial charge in [-0.15, -0.1) is 0 Å². The number of allylic oxidation sites excluding steroid dienone is 1. The van der Waals surface area contributed by atoms with E-state index in [9.17, 15) is 15.4 Å². The molecule has 0 fully saturated rings. The van der Waals surface area contributed by atoms with Crippen LogP contribution in [0.5, 0.6) is 0 Å². The van der Waals surface area contributed by atoms with E-state index in [1.54, 1.807) is 18.2 Å². The van der Waals surface area contributed by atoms with Gasteiger partial charge in [-0.25, -0.2) is 0 Å². The lowest BCUT2D eigenvalue weighted by Crippen LogP contribution is -1.87. The average Bonchev–Trinajstić information content (AvgIpc) is 2.96. The maximum Gasteiger partial charge on any atom is 0.269 e. The second-order valence-corrected chi connectivity index (χ2v) is 4.79. The van der Waals surface area contributed by atoms with Gasteiger partial charge in [0.2, 0.25) is 0 Å². The predicted octanol–water partition coefficient (Wildman–Crippen LogP) is 4.14. The Morgan fingerprint density at radius 3 is 2.55 bits per heavy atom. The summed E-state index contributed by atoms with van der Waals surface area (Å²) in [6.07, 6.45) is 1.70. The third-order valence-corrected chi connectivity index (χ3v) is 3.36. The Labute approximate surface area is 126 Å². The highest BCUT2D eigenvalue weighted by atomic mass is 16.6. The predicted molar refractivity (Wildman–Crippen MR) is 84.9 cm³/mol. The van der Waals surface area contributed by atoms with Gasteiger partial charge < -0.3 is 4.98 Å². The Kier molecular flexibility index (Phi) is 3.42. The molecule has 106 valence electrons. The Balaban J connectivity index is 1.99. The van der Waals surface area contributed by atoms with Gasteiger partial charge in [0.25, 0.3) is 5.69 Å². The zero-order valence-electron chi connectivity index (χ0n) is 11.5. The van der Waals surface area contributed by atoms with E-state index in [2.05, 4.69) is 11.1 Å². The summed E-state index contributed by atoms with van der Waals surface area (Å²) >= 11 is 0. The molecule has 5 heteroatoms. The number of nitriles is 1. The normalized spacial score (nSPS) is 11.3. The first-order valence-electron chi connectivity index (χ1n) is 6.62. The van der Waals surface area contributed by atoms with Crippen molar-refractivity contribution in [1.29, 1.82) is 5.26 Å². The molecule has 5 nitrogen and oxygen atoms in total. The van der Waals surface area contributed by atoms with Crippen LogP contribution in [0.2, 0.25) is 0 Å². The van der Waals surface area contributed by atoms with E-state index >= 15 is 0 Å². The average molecular weight is 289 g/mol. The van der Waals surface area contributed by atoms with Crippen LogP contribution in [0.25, 0.3) is 22.6 Å². The summed E-state index contributed by atoms with van der Waals surface area (Å²) in [5.41, 5.74) is 2.93. The van der Waals surface area contributed by atoms with E-state index in [-0.39, 0.29) is 5.69 Å². The fourth-order valence-electron chi connectivity index (χ4n) is 2.25. The van der Waals surface area contributed by atoms with Crippen molar-refractivity contribution >= 4 is 28.2 Å². The molecule has 0 spiro atoms. The molecule has 1 heterocycles. The summed E-state index contributed by atoms with van der Waals surface area (Å²) in [6, 6.07) is 17.9. The van der Waals surface area contributed by atoms with Crippen LogP contribution in [0, 0.1) is 21.4 Å². The molecule has 0 aliphatic carbocycles. The first-order chi connectivity index (χ1) is 10.7. The summed E-state index contributed by atoms with van der Waals surface area (Å²) in [4.78, 5) is 13.4. The van der Waals surface area contributed by atoms with Crippen molar-refractivity contribution in [2.75, 3.05) is 0 Å². The van der Waals surface area contributed by atoms with Crippen molar-refractivity contribution in [3.8, 4) is 6.07 Å². The van der Waals surface area contributed by atoms with Gasteiger partial charge in [-0.05, 0) is 35.9 Å². The standard InChI is InChI=1S/C17H11N3O2/c18-11-14(9-12-5-7-15(8-6-12)20(21)22)17-10-13-3-1-2-4-16(13)19-17/h1-10,19H/b14-9+. The lowest BCUT2D eigenvalue weighted by atomic mass is 10.1. The summed E-state index contributed by atoms with van der Waals surface area (Å²) in [7, 11) is 0. The van der Waals surface area contributed by atoms with Gasteiger partial charge in [-0.2, -0.15) is 5.26 Å². The molecular formula is C17H11N3O2. The smallest absolute Gasteiger partial charge is 0.269 e. The number of H-pyrrole nitrogens is 1. The van der Waals surface area contributed by atoms with Crippen LogP contribution < -0.4 is 0 Å². The number of nitro benzene ring substituents is 1. The minimum Gasteiger partial charge on any atom is -0.354 e. The van der Waals surface area contributed by atoms with E-state index in [0.717, 1.165) is 22.2 Å². The molecule has 0 aliphatic heterocycles. The number of nitro groups is 1. The number of aromatic nitrogens is 1. The molecule has 1 N–H and O–H groups in total. The number of hydrogen-bond acceptors (Lipinski definition) is 3. The molecule has 3 aromatic rings. The Morgan fingerprint density at radius 1 is 1.18 bits per heavy atom. The van der Waals surface area contributed by atoms with Gasteiger partial charge in [-0.1, -0.05) is 18.2 Å². The van der Waals surface area contributed by atoms with Crippen LogP contribution in [0.1, 0.15) is 11.3 Å². The summed E-state index contributed by atoms with van der Waals surface area (Å²) < 4.78 is 0. The number of fused-ring (bicyclic) bond motifs is 1. The first-order valence-corrected chi connectivity index (χ1v) is 6.62. The minimum absolute atomic E-state index is 0.0290. The van der Waals surface area contributed by atoms with Gasteiger partial charge in [0.05, 0.1) is 16.2 Å². The molecule has 22 heavy (non-hydrogen) atoms. The Bertz CT molecular complexity index is 882. The highest BCUT2D eigenvalue weighted by molar-refractivity contribution is 5.93. The fourth-order valence-corrected chi connectivity index (χ4v) is 2.25. The van der Waals surface area contributed by atoms with Gasteiger partial charge >= 0.3 is 0 Å². The van der Waals surface area contributed by atoms with Crippen molar-refractivity contribution < 1.29 is 4.92 Å². The molecule has 1 aromatic heterocycles. The largest absolute Gasteiger partial charge is 0.354 e. The summed E-state index contributed by atoms with van der Waals surface area (Å²) in [5.74, 6) is 0. The van der Waals surface area contributed by atoms with E-state index in [1.165, 1.54) is 12.1 Å². The van der Waals surface area contributed by atoms with E-state index < -0.39 is 4.92 Å². The minimum atomic E-state index is -0.448. The van der Waals surface area contributed by atoms with Gasteiger partial charge in [0.1, 0.15) is 6.07 Å². The Hall–Kier alpha value is -3.39. The zero-order valence-corrected chi connectivity index (χ0v) is 11.5. The van der Waals surface area contributed by atoms with Gasteiger partial charge in [0, 0.05) is 23.0 Å². The van der Waals surface area contributed by atoms with Crippen molar-refractivity contribution in [2.24, 2.45) is 0 Å². The number of nitrogens with zero attached hydrogens (tertiary/aromatic N) is 2. The number of non-ortho nitro benzene ring substituents is 1. The van der Waals surface area contributed by atoms with Crippen molar-refractivity contribution in [3.05, 3.63) is 76.0 Å². The van der Waals surface area contributed by atoms with E-state index in [1.807, 2.05) is 30.3 Å². The first kappa shape index (κ1) is 13.6.